The quantitative estimate of drug-likeness (QED) is 0.461. The van der Waals surface area contributed by atoms with Gasteiger partial charge in [-0.1, -0.05) is 11.6 Å². The summed E-state index contributed by atoms with van der Waals surface area (Å²) in [6.45, 7) is 0. The summed E-state index contributed by atoms with van der Waals surface area (Å²) in [5.41, 5.74) is -1.78. The third-order valence-electron chi connectivity index (χ3n) is 1.58. The van der Waals surface area contributed by atoms with Gasteiger partial charge >= 0.3 is 0 Å². The average molecular weight is 239 g/mol. The fourth-order valence-corrected chi connectivity index (χ4v) is 1.15. The zero-order valence-electron chi connectivity index (χ0n) is 7.41. The topological polar surface area (TPSA) is 65.3 Å². The van der Waals surface area contributed by atoms with Crippen molar-refractivity contribution in [1.29, 1.82) is 0 Å². The highest BCUT2D eigenvalue weighted by atomic mass is 35.5. The van der Waals surface area contributed by atoms with Gasteiger partial charge in [0.15, 0.2) is 16.6 Å². The smallest absolute Gasteiger partial charge is 0.300 e. The minimum atomic E-state index is -3.06. The highest BCUT2D eigenvalue weighted by Crippen LogP contribution is 2.34. The second-order valence-electron chi connectivity index (χ2n) is 2.44. The number of halogens is 3. The molecule has 8 heteroatoms. The van der Waals surface area contributed by atoms with Crippen LogP contribution in [0.4, 0.5) is 14.5 Å². The van der Waals surface area contributed by atoms with Gasteiger partial charge < -0.3 is 4.74 Å². The fourth-order valence-electron chi connectivity index (χ4n) is 0.926. The van der Waals surface area contributed by atoms with Crippen molar-refractivity contribution in [2.75, 3.05) is 7.11 Å². The van der Waals surface area contributed by atoms with Crippen molar-refractivity contribution in [3.05, 3.63) is 27.0 Å². The molecule has 0 unspecified atom stereocenters. The van der Waals surface area contributed by atoms with Crippen LogP contribution in [0, 0.1) is 10.1 Å². The Kier molecular flexibility index (Phi) is 3.35. The number of alkyl halides is 2. The van der Waals surface area contributed by atoms with Crippen LogP contribution in [0.1, 0.15) is 12.1 Å². The number of nitro groups is 1. The van der Waals surface area contributed by atoms with E-state index in [9.17, 15) is 18.9 Å². The van der Waals surface area contributed by atoms with Gasteiger partial charge in [0.25, 0.3) is 12.1 Å². The first-order valence-electron chi connectivity index (χ1n) is 3.64. The highest BCUT2D eigenvalue weighted by molar-refractivity contribution is 6.30. The maximum atomic E-state index is 12.3. The van der Waals surface area contributed by atoms with Gasteiger partial charge in [0.05, 0.1) is 18.1 Å². The summed E-state index contributed by atoms with van der Waals surface area (Å²) >= 11 is 5.46. The summed E-state index contributed by atoms with van der Waals surface area (Å²) in [5.74, 6) is -0.118. The van der Waals surface area contributed by atoms with Gasteiger partial charge in [-0.05, 0) is 0 Å². The normalized spacial score (nSPS) is 10.5. The third-order valence-corrected chi connectivity index (χ3v) is 1.85. The Bertz CT molecular complexity index is 400. The largest absolute Gasteiger partial charge is 0.493 e. The zero-order chi connectivity index (χ0) is 11.6. The molecular formula is C7H5ClF2N2O3. The number of methoxy groups -OCH3 is 1. The van der Waals surface area contributed by atoms with E-state index in [0.717, 1.165) is 6.07 Å². The minimum Gasteiger partial charge on any atom is -0.493 e. The molecule has 1 heterocycles. The van der Waals surface area contributed by atoms with Gasteiger partial charge in [-0.25, -0.2) is 13.8 Å². The Balaban J connectivity index is 3.39. The van der Waals surface area contributed by atoms with Gasteiger partial charge in [-0.2, -0.15) is 0 Å². The first-order chi connectivity index (χ1) is 6.97. The molecule has 0 saturated carbocycles. The summed E-state index contributed by atoms with van der Waals surface area (Å²) in [5, 5.41) is 10.1. The molecule has 0 aliphatic rings. The molecule has 0 aliphatic heterocycles. The molecule has 0 bridgehead atoms. The number of ether oxygens (including phenoxy) is 1. The number of rotatable bonds is 3. The molecule has 5 nitrogen and oxygen atoms in total. The maximum Gasteiger partial charge on any atom is 0.300 e. The van der Waals surface area contributed by atoms with Crippen LogP contribution in [0.15, 0.2) is 6.07 Å². The molecule has 1 rings (SSSR count). The van der Waals surface area contributed by atoms with Crippen molar-refractivity contribution in [3.8, 4) is 5.75 Å². The van der Waals surface area contributed by atoms with Crippen molar-refractivity contribution >= 4 is 17.3 Å². The fraction of sp³-hybridized carbons (Fsp3) is 0.286. The van der Waals surface area contributed by atoms with Crippen molar-refractivity contribution < 1.29 is 18.4 Å². The standard InChI is InChI=1S/C7H5ClF2N2O3/c1-15-4-2-3(12(13)14)5(7(9)10)11-6(4)8/h2,7H,1H3. The molecule has 82 valence electrons. The summed E-state index contributed by atoms with van der Waals surface area (Å²) in [6, 6.07) is 0.816. The van der Waals surface area contributed by atoms with Crippen molar-refractivity contribution in [2.45, 2.75) is 6.43 Å². The Morgan fingerprint density at radius 1 is 1.67 bits per heavy atom. The lowest BCUT2D eigenvalue weighted by Crippen LogP contribution is -2.01. The molecule has 0 atom stereocenters. The van der Waals surface area contributed by atoms with E-state index < -0.39 is 22.7 Å². The number of hydrogen-bond donors (Lipinski definition) is 0. The first-order valence-corrected chi connectivity index (χ1v) is 4.02. The molecule has 0 aliphatic carbocycles. The monoisotopic (exact) mass is 238 g/mol. The van der Waals surface area contributed by atoms with Crippen molar-refractivity contribution in [2.24, 2.45) is 0 Å². The van der Waals surface area contributed by atoms with Crippen LogP contribution in [0.25, 0.3) is 0 Å². The maximum absolute atomic E-state index is 12.3. The van der Waals surface area contributed by atoms with E-state index in [2.05, 4.69) is 9.72 Å². The van der Waals surface area contributed by atoms with E-state index in [1.807, 2.05) is 0 Å². The van der Waals surface area contributed by atoms with E-state index in [1.165, 1.54) is 7.11 Å². The molecule has 1 aromatic rings. The van der Waals surface area contributed by atoms with Gasteiger partial charge in [-0.3, -0.25) is 10.1 Å². The SMILES string of the molecule is COc1cc([N+](=O)[O-])c(C(F)F)nc1Cl. The lowest BCUT2D eigenvalue weighted by atomic mass is 10.3. The van der Waals surface area contributed by atoms with E-state index in [-0.39, 0.29) is 10.9 Å². The average Bonchev–Trinajstić information content (AvgIpc) is 2.16. The van der Waals surface area contributed by atoms with Crippen LogP contribution in [-0.2, 0) is 0 Å². The second-order valence-corrected chi connectivity index (χ2v) is 2.80. The molecule has 0 amide bonds. The molecule has 0 N–H and O–H groups in total. The summed E-state index contributed by atoms with van der Waals surface area (Å²) < 4.78 is 29.3. The molecule has 0 aromatic carbocycles. The highest BCUT2D eigenvalue weighted by Gasteiger charge is 2.26. The molecule has 0 radical (unpaired) electrons. The second kappa shape index (κ2) is 4.35. The van der Waals surface area contributed by atoms with E-state index >= 15 is 0 Å². The van der Waals surface area contributed by atoms with Crippen LogP contribution in [0.2, 0.25) is 5.15 Å². The van der Waals surface area contributed by atoms with E-state index in [0.29, 0.717) is 0 Å². The molecule has 0 saturated heterocycles. The van der Waals surface area contributed by atoms with Crippen LogP contribution >= 0.6 is 11.6 Å². The van der Waals surface area contributed by atoms with Gasteiger partial charge in [0.2, 0.25) is 0 Å². The van der Waals surface area contributed by atoms with Gasteiger partial charge in [-0.15, -0.1) is 0 Å². The van der Waals surface area contributed by atoms with E-state index in [4.69, 9.17) is 11.6 Å². The number of hydrogen-bond acceptors (Lipinski definition) is 4. The van der Waals surface area contributed by atoms with Crippen LogP contribution in [0.5, 0.6) is 5.75 Å². The van der Waals surface area contributed by atoms with Crippen LogP contribution in [-0.4, -0.2) is 17.0 Å². The molecule has 0 spiro atoms. The van der Waals surface area contributed by atoms with Crippen molar-refractivity contribution in [1.82, 2.24) is 4.98 Å². The molecule has 1 aromatic heterocycles. The molecule has 0 fully saturated rings. The lowest BCUT2D eigenvalue weighted by Gasteiger charge is -2.05. The summed E-state index contributed by atoms with van der Waals surface area (Å²) in [7, 11) is 1.20. The summed E-state index contributed by atoms with van der Waals surface area (Å²) in [4.78, 5) is 12.7. The predicted molar refractivity (Wildman–Crippen MR) is 47.4 cm³/mol. The van der Waals surface area contributed by atoms with Gasteiger partial charge in [0.1, 0.15) is 0 Å². The third kappa shape index (κ3) is 2.30. The first kappa shape index (κ1) is 11.6. The van der Waals surface area contributed by atoms with Crippen LogP contribution < -0.4 is 4.74 Å². The van der Waals surface area contributed by atoms with Crippen molar-refractivity contribution in [3.63, 3.8) is 0 Å². The molecular weight excluding hydrogens is 234 g/mol. The number of pyridine rings is 1. The van der Waals surface area contributed by atoms with Gasteiger partial charge in [0, 0.05) is 0 Å². The predicted octanol–water partition coefficient (Wildman–Crippen LogP) is 2.59. The number of aromatic nitrogens is 1. The number of nitrogens with zero attached hydrogens (tertiary/aromatic N) is 2. The minimum absolute atomic E-state index is 0.118. The zero-order valence-corrected chi connectivity index (χ0v) is 8.16. The Morgan fingerprint density at radius 2 is 2.27 bits per heavy atom. The lowest BCUT2D eigenvalue weighted by molar-refractivity contribution is -0.386. The Morgan fingerprint density at radius 3 is 2.67 bits per heavy atom. The Labute approximate surface area is 87.8 Å². The Hall–Kier alpha value is -1.50. The summed E-state index contributed by atoms with van der Waals surface area (Å²) in [6.07, 6.45) is -3.06. The van der Waals surface area contributed by atoms with E-state index in [1.54, 1.807) is 0 Å². The van der Waals surface area contributed by atoms with Crippen LogP contribution in [0.3, 0.4) is 0 Å². The molecule has 15 heavy (non-hydrogen) atoms.